The molecule has 0 amide bonds. The highest BCUT2D eigenvalue weighted by molar-refractivity contribution is 9.10. The molecule has 0 fully saturated rings. The molecule has 0 bridgehead atoms. The second kappa shape index (κ2) is 4.08. The van der Waals surface area contributed by atoms with Gasteiger partial charge in [0, 0.05) is 18.6 Å². The SMILES string of the molecule is NC(=S)c1nccn1-c1ncccc1Br. The summed E-state index contributed by atoms with van der Waals surface area (Å²) in [5, 5.41) is 0. The highest BCUT2D eigenvalue weighted by Crippen LogP contribution is 2.18. The lowest BCUT2D eigenvalue weighted by Gasteiger charge is -2.06. The lowest BCUT2D eigenvalue weighted by atomic mass is 10.4. The lowest BCUT2D eigenvalue weighted by molar-refractivity contribution is 0.969. The van der Waals surface area contributed by atoms with Crippen LogP contribution < -0.4 is 5.73 Å². The van der Waals surface area contributed by atoms with Crippen molar-refractivity contribution in [1.82, 2.24) is 14.5 Å². The fourth-order valence-electron chi connectivity index (χ4n) is 1.21. The van der Waals surface area contributed by atoms with E-state index in [1.807, 2.05) is 12.1 Å². The smallest absolute Gasteiger partial charge is 0.173 e. The highest BCUT2D eigenvalue weighted by Gasteiger charge is 2.10. The average Bonchev–Trinajstić information content (AvgIpc) is 2.67. The third kappa shape index (κ3) is 1.91. The minimum Gasteiger partial charge on any atom is -0.387 e. The summed E-state index contributed by atoms with van der Waals surface area (Å²) in [6, 6.07) is 3.73. The molecule has 0 atom stereocenters. The number of halogens is 1. The number of imidazole rings is 1. The Hall–Kier alpha value is -1.27. The summed E-state index contributed by atoms with van der Waals surface area (Å²) in [7, 11) is 0. The van der Waals surface area contributed by atoms with E-state index < -0.39 is 0 Å². The first-order valence-corrected chi connectivity index (χ1v) is 5.34. The third-order valence-corrected chi connectivity index (χ3v) is 2.63. The number of hydrogen-bond donors (Lipinski definition) is 1. The number of hydrogen-bond acceptors (Lipinski definition) is 3. The quantitative estimate of drug-likeness (QED) is 0.852. The van der Waals surface area contributed by atoms with Crippen molar-refractivity contribution in [3.05, 3.63) is 41.0 Å². The van der Waals surface area contributed by atoms with Crippen LogP contribution in [0.15, 0.2) is 35.2 Å². The van der Waals surface area contributed by atoms with Gasteiger partial charge in [-0.3, -0.25) is 4.57 Å². The van der Waals surface area contributed by atoms with Gasteiger partial charge in [0.15, 0.2) is 11.6 Å². The van der Waals surface area contributed by atoms with Crippen molar-refractivity contribution < 1.29 is 0 Å². The predicted octanol–water partition coefficient (Wildman–Crippen LogP) is 1.66. The number of aromatic nitrogens is 3. The molecule has 0 saturated heterocycles. The van der Waals surface area contributed by atoms with Crippen LogP contribution in [0.25, 0.3) is 5.82 Å². The minimum atomic E-state index is 0.248. The summed E-state index contributed by atoms with van der Waals surface area (Å²) in [5.74, 6) is 1.25. The molecule has 15 heavy (non-hydrogen) atoms. The van der Waals surface area contributed by atoms with E-state index in [1.165, 1.54) is 0 Å². The van der Waals surface area contributed by atoms with Gasteiger partial charge in [0.05, 0.1) is 4.47 Å². The van der Waals surface area contributed by atoms with Gasteiger partial charge in [0.25, 0.3) is 0 Å². The van der Waals surface area contributed by atoms with Gasteiger partial charge in [0.1, 0.15) is 4.99 Å². The fraction of sp³-hybridized carbons (Fsp3) is 0. The molecule has 0 aliphatic rings. The van der Waals surface area contributed by atoms with Gasteiger partial charge in [-0.15, -0.1) is 0 Å². The number of thiocarbonyl (C=S) groups is 1. The first-order valence-electron chi connectivity index (χ1n) is 4.14. The molecule has 76 valence electrons. The van der Waals surface area contributed by atoms with Gasteiger partial charge in [-0.1, -0.05) is 12.2 Å². The Morgan fingerprint density at radius 1 is 1.40 bits per heavy atom. The highest BCUT2D eigenvalue weighted by atomic mass is 79.9. The monoisotopic (exact) mass is 282 g/mol. The van der Waals surface area contributed by atoms with Gasteiger partial charge in [0.2, 0.25) is 0 Å². The summed E-state index contributed by atoms with van der Waals surface area (Å²) in [5.41, 5.74) is 5.55. The number of rotatable bonds is 2. The van der Waals surface area contributed by atoms with E-state index in [9.17, 15) is 0 Å². The van der Waals surface area contributed by atoms with Crippen LogP contribution in [0.1, 0.15) is 5.82 Å². The molecule has 2 N–H and O–H groups in total. The second-order valence-corrected chi connectivity index (χ2v) is 4.09. The average molecular weight is 283 g/mol. The van der Waals surface area contributed by atoms with E-state index >= 15 is 0 Å². The van der Waals surface area contributed by atoms with Crippen molar-refractivity contribution in [2.45, 2.75) is 0 Å². The summed E-state index contributed by atoms with van der Waals surface area (Å²) in [6.07, 6.45) is 5.10. The van der Waals surface area contributed by atoms with Gasteiger partial charge in [-0.25, -0.2) is 9.97 Å². The van der Waals surface area contributed by atoms with E-state index in [2.05, 4.69) is 25.9 Å². The molecule has 2 aromatic heterocycles. The van der Waals surface area contributed by atoms with Gasteiger partial charge in [-0.2, -0.15) is 0 Å². The van der Waals surface area contributed by atoms with Crippen molar-refractivity contribution >= 4 is 33.1 Å². The van der Waals surface area contributed by atoms with E-state index in [0.29, 0.717) is 5.82 Å². The van der Waals surface area contributed by atoms with Crippen molar-refractivity contribution in [2.75, 3.05) is 0 Å². The van der Waals surface area contributed by atoms with E-state index in [-0.39, 0.29) is 4.99 Å². The molecule has 0 aliphatic heterocycles. The predicted molar refractivity (Wildman–Crippen MR) is 64.9 cm³/mol. The summed E-state index contributed by atoms with van der Waals surface area (Å²) >= 11 is 8.30. The molecule has 6 heteroatoms. The van der Waals surface area contributed by atoms with Crippen molar-refractivity contribution in [3.8, 4) is 5.82 Å². The first kappa shape index (κ1) is 10.3. The summed E-state index contributed by atoms with van der Waals surface area (Å²) in [4.78, 5) is 8.54. The number of pyridine rings is 1. The van der Waals surface area contributed by atoms with Crippen LogP contribution in [-0.4, -0.2) is 19.5 Å². The summed E-state index contributed by atoms with van der Waals surface area (Å²) < 4.78 is 2.60. The van der Waals surface area contributed by atoms with Crippen LogP contribution in [0, 0.1) is 0 Å². The number of nitrogens with zero attached hydrogens (tertiary/aromatic N) is 3. The van der Waals surface area contributed by atoms with Crippen LogP contribution in [0.4, 0.5) is 0 Å². The van der Waals surface area contributed by atoms with Crippen LogP contribution in [-0.2, 0) is 0 Å². The Balaban J connectivity index is 2.59. The molecule has 2 rings (SSSR count). The van der Waals surface area contributed by atoms with E-state index in [4.69, 9.17) is 18.0 Å². The molecule has 0 saturated carbocycles. The Bertz CT molecular complexity index is 508. The largest absolute Gasteiger partial charge is 0.387 e. The van der Waals surface area contributed by atoms with Gasteiger partial charge < -0.3 is 5.73 Å². The van der Waals surface area contributed by atoms with Crippen LogP contribution in [0.2, 0.25) is 0 Å². The van der Waals surface area contributed by atoms with Gasteiger partial charge in [-0.05, 0) is 28.1 Å². The maximum absolute atomic E-state index is 5.55. The molecule has 2 aromatic rings. The van der Waals surface area contributed by atoms with Crippen LogP contribution in [0.5, 0.6) is 0 Å². The standard InChI is InChI=1S/C9H7BrN4S/c10-6-2-1-3-12-8(6)14-5-4-13-9(14)7(11)15/h1-5H,(H2,11,15). The van der Waals surface area contributed by atoms with E-state index in [0.717, 1.165) is 10.3 Å². The Kier molecular flexibility index (Phi) is 2.79. The second-order valence-electron chi connectivity index (χ2n) is 2.79. The molecular weight excluding hydrogens is 276 g/mol. The molecule has 0 aliphatic carbocycles. The fourth-order valence-corrected chi connectivity index (χ4v) is 1.81. The van der Waals surface area contributed by atoms with Crippen molar-refractivity contribution in [2.24, 2.45) is 5.73 Å². The molecule has 0 unspecified atom stereocenters. The van der Waals surface area contributed by atoms with E-state index in [1.54, 1.807) is 23.2 Å². The molecule has 2 heterocycles. The number of nitrogens with two attached hydrogens (primary N) is 1. The Morgan fingerprint density at radius 3 is 2.87 bits per heavy atom. The zero-order chi connectivity index (χ0) is 10.8. The normalized spacial score (nSPS) is 10.2. The molecule has 0 radical (unpaired) electrons. The zero-order valence-corrected chi connectivity index (χ0v) is 9.99. The van der Waals surface area contributed by atoms with Crippen LogP contribution in [0.3, 0.4) is 0 Å². The maximum Gasteiger partial charge on any atom is 0.173 e. The maximum atomic E-state index is 5.55. The zero-order valence-electron chi connectivity index (χ0n) is 7.59. The Morgan fingerprint density at radius 2 is 2.20 bits per heavy atom. The lowest BCUT2D eigenvalue weighted by Crippen LogP contribution is -2.16. The van der Waals surface area contributed by atoms with Gasteiger partial charge >= 0.3 is 0 Å². The third-order valence-electron chi connectivity index (χ3n) is 1.83. The molecular formula is C9H7BrN4S. The first-order chi connectivity index (χ1) is 7.20. The van der Waals surface area contributed by atoms with Crippen molar-refractivity contribution in [1.29, 1.82) is 0 Å². The molecule has 4 nitrogen and oxygen atoms in total. The topological polar surface area (TPSA) is 56.7 Å². The molecule has 0 spiro atoms. The van der Waals surface area contributed by atoms with Crippen LogP contribution >= 0.6 is 28.1 Å². The molecule has 0 aromatic carbocycles. The van der Waals surface area contributed by atoms with Crippen molar-refractivity contribution in [3.63, 3.8) is 0 Å². The minimum absolute atomic E-state index is 0.248. The Labute approximate surface area is 100 Å². The summed E-state index contributed by atoms with van der Waals surface area (Å²) in [6.45, 7) is 0.